The van der Waals surface area contributed by atoms with Gasteiger partial charge < -0.3 is 9.80 Å². The number of alkyl halides is 3. The van der Waals surface area contributed by atoms with Gasteiger partial charge in [0.25, 0.3) is 0 Å². The third-order valence-corrected chi connectivity index (χ3v) is 5.49. The largest absolute Gasteiger partial charge is 0.433 e. The lowest BCUT2D eigenvalue weighted by Crippen LogP contribution is -2.47. The molecule has 0 saturated carbocycles. The number of rotatable bonds is 5. The Morgan fingerprint density at radius 3 is 2.67 bits per heavy atom. The second-order valence-corrected chi connectivity index (χ2v) is 7.76. The van der Waals surface area contributed by atoms with Gasteiger partial charge in [-0.05, 0) is 43.5 Å². The van der Waals surface area contributed by atoms with Crippen LogP contribution < -0.4 is 4.90 Å². The molecule has 0 amide bonds. The average Bonchev–Trinajstić information content (AvgIpc) is 2.67. The fourth-order valence-electron chi connectivity index (χ4n) is 3.37. The van der Waals surface area contributed by atoms with E-state index in [0.717, 1.165) is 55.8 Å². The summed E-state index contributed by atoms with van der Waals surface area (Å²) in [5, 5.41) is 0. The van der Waals surface area contributed by atoms with E-state index in [1.54, 1.807) is 0 Å². The van der Waals surface area contributed by atoms with Crippen molar-refractivity contribution in [3.63, 3.8) is 0 Å². The lowest BCUT2D eigenvalue weighted by Gasteiger charge is -2.38. The molecule has 3 rings (SSSR count). The summed E-state index contributed by atoms with van der Waals surface area (Å²) in [5.41, 5.74) is 0.376. The van der Waals surface area contributed by atoms with Crippen LogP contribution >= 0.6 is 15.9 Å². The molecule has 1 aromatic heterocycles. The van der Waals surface area contributed by atoms with Gasteiger partial charge in [-0.25, -0.2) is 9.97 Å². The quantitative estimate of drug-likeness (QED) is 0.686. The van der Waals surface area contributed by atoms with Gasteiger partial charge in [0.15, 0.2) is 0 Å². The van der Waals surface area contributed by atoms with Gasteiger partial charge in [0.2, 0.25) is 0 Å². The zero-order valence-electron chi connectivity index (χ0n) is 15.1. The van der Waals surface area contributed by atoms with Crippen LogP contribution in [0.1, 0.15) is 24.1 Å². The maximum Gasteiger partial charge on any atom is 0.433 e. The standard InChI is InChI=1S/C19H22BrF3N4/c1-26(18-11-17(19(21,22)23)24-13-25-18)16-3-2-9-27(12-16)10-8-14-4-6-15(20)7-5-14/h4-7,11,13,16H,2-3,8-10,12H2,1H3. The van der Waals surface area contributed by atoms with E-state index < -0.39 is 11.9 Å². The minimum atomic E-state index is -4.46. The number of benzene rings is 1. The second-order valence-electron chi connectivity index (χ2n) is 6.84. The summed E-state index contributed by atoms with van der Waals surface area (Å²) in [4.78, 5) is 11.6. The third-order valence-electron chi connectivity index (χ3n) is 4.96. The van der Waals surface area contributed by atoms with Gasteiger partial charge in [-0.3, -0.25) is 0 Å². The van der Waals surface area contributed by atoms with Crippen LogP contribution in [0.2, 0.25) is 0 Å². The van der Waals surface area contributed by atoms with Crippen LogP contribution in [0.15, 0.2) is 41.1 Å². The number of hydrogen-bond donors (Lipinski definition) is 0. The number of likely N-dealkylation sites (N-methyl/N-ethyl adjacent to an activating group) is 1. The molecule has 1 fully saturated rings. The molecule has 1 aromatic carbocycles. The predicted octanol–water partition coefficient (Wildman–Crippen LogP) is 4.40. The first kappa shape index (κ1) is 20.1. The molecule has 4 nitrogen and oxygen atoms in total. The van der Waals surface area contributed by atoms with Crippen molar-refractivity contribution in [2.45, 2.75) is 31.5 Å². The van der Waals surface area contributed by atoms with Crippen molar-refractivity contribution in [1.29, 1.82) is 0 Å². The van der Waals surface area contributed by atoms with Crippen molar-refractivity contribution < 1.29 is 13.2 Å². The van der Waals surface area contributed by atoms with Crippen LogP contribution in [0.4, 0.5) is 19.0 Å². The third kappa shape index (κ3) is 5.42. The van der Waals surface area contributed by atoms with Gasteiger partial charge >= 0.3 is 6.18 Å². The lowest BCUT2D eigenvalue weighted by molar-refractivity contribution is -0.141. The summed E-state index contributed by atoms with van der Waals surface area (Å²) in [6, 6.07) is 9.46. The smallest absolute Gasteiger partial charge is 0.355 e. The molecule has 1 atom stereocenters. The van der Waals surface area contributed by atoms with Crippen molar-refractivity contribution in [2.75, 3.05) is 31.6 Å². The van der Waals surface area contributed by atoms with Gasteiger partial charge in [-0.15, -0.1) is 0 Å². The van der Waals surface area contributed by atoms with Gasteiger partial charge in [-0.2, -0.15) is 13.2 Å². The monoisotopic (exact) mass is 442 g/mol. The minimum Gasteiger partial charge on any atom is -0.355 e. The first-order valence-electron chi connectivity index (χ1n) is 8.92. The van der Waals surface area contributed by atoms with Crippen molar-refractivity contribution in [2.24, 2.45) is 0 Å². The van der Waals surface area contributed by atoms with Crippen molar-refractivity contribution in [3.05, 3.63) is 52.4 Å². The molecule has 2 aromatic rings. The number of aromatic nitrogens is 2. The summed E-state index contributed by atoms with van der Waals surface area (Å²) in [5.74, 6) is 0.317. The zero-order chi connectivity index (χ0) is 19.4. The maximum atomic E-state index is 12.9. The number of anilines is 1. The number of likely N-dealkylation sites (tertiary alicyclic amines) is 1. The van der Waals surface area contributed by atoms with Crippen LogP contribution in [0.5, 0.6) is 0 Å². The van der Waals surface area contributed by atoms with Crippen LogP contribution in [0.25, 0.3) is 0 Å². The Hall–Kier alpha value is -1.67. The molecule has 1 aliphatic heterocycles. The van der Waals surface area contributed by atoms with E-state index in [1.807, 2.05) is 24.1 Å². The second kappa shape index (κ2) is 8.56. The van der Waals surface area contributed by atoms with E-state index in [9.17, 15) is 13.2 Å². The Morgan fingerprint density at radius 1 is 1.22 bits per heavy atom. The number of piperidine rings is 1. The first-order chi connectivity index (χ1) is 12.8. The fraction of sp³-hybridized carbons (Fsp3) is 0.474. The molecule has 1 saturated heterocycles. The summed E-state index contributed by atoms with van der Waals surface area (Å²) in [7, 11) is 1.81. The van der Waals surface area contributed by atoms with E-state index in [-0.39, 0.29) is 6.04 Å². The Labute approximate surface area is 165 Å². The van der Waals surface area contributed by atoms with Crippen molar-refractivity contribution in [3.8, 4) is 0 Å². The molecule has 1 unspecified atom stereocenters. The van der Waals surface area contributed by atoms with Crippen LogP contribution in [0.3, 0.4) is 0 Å². The predicted molar refractivity (Wildman–Crippen MR) is 103 cm³/mol. The highest BCUT2D eigenvalue weighted by Crippen LogP contribution is 2.29. The Bertz CT molecular complexity index is 751. The van der Waals surface area contributed by atoms with E-state index in [0.29, 0.717) is 5.82 Å². The fourth-order valence-corrected chi connectivity index (χ4v) is 3.63. The highest BCUT2D eigenvalue weighted by Gasteiger charge is 2.33. The van der Waals surface area contributed by atoms with Crippen LogP contribution in [-0.4, -0.2) is 47.6 Å². The molecule has 8 heteroatoms. The Balaban J connectivity index is 1.61. The van der Waals surface area contributed by atoms with Crippen molar-refractivity contribution >= 4 is 21.7 Å². The van der Waals surface area contributed by atoms with Gasteiger partial charge in [0, 0.05) is 36.7 Å². The average molecular weight is 443 g/mol. The van der Waals surface area contributed by atoms with E-state index >= 15 is 0 Å². The molecular weight excluding hydrogens is 421 g/mol. The van der Waals surface area contributed by atoms with Crippen LogP contribution in [0, 0.1) is 0 Å². The van der Waals surface area contributed by atoms with Crippen LogP contribution in [-0.2, 0) is 12.6 Å². The van der Waals surface area contributed by atoms with Gasteiger partial charge in [0.05, 0.1) is 0 Å². The normalized spacial score (nSPS) is 18.5. The Morgan fingerprint density at radius 2 is 1.96 bits per heavy atom. The molecule has 27 heavy (non-hydrogen) atoms. The summed E-state index contributed by atoms with van der Waals surface area (Å²) in [6.07, 6.45) is -0.552. The molecule has 1 aliphatic rings. The summed E-state index contributed by atoms with van der Waals surface area (Å²) >= 11 is 3.44. The van der Waals surface area contributed by atoms with Gasteiger partial charge in [-0.1, -0.05) is 28.1 Å². The van der Waals surface area contributed by atoms with E-state index in [2.05, 4.69) is 42.9 Å². The van der Waals surface area contributed by atoms with Gasteiger partial charge in [0.1, 0.15) is 17.8 Å². The minimum absolute atomic E-state index is 0.139. The lowest BCUT2D eigenvalue weighted by atomic mass is 10.0. The molecule has 146 valence electrons. The Kier molecular flexibility index (Phi) is 6.37. The summed E-state index contributed by atoms with van der Waals surface area (Å²) < 4.78 is 39.8. The van der Waals surface area contributed by atoms with Crippen molar-refractivity contribution in [1.82, 2.24) is 14.9 Å². The molecule has 0 spiro atoms. The topological polar surface area (TPSA) is 32.3 Å². The molecule has 0 radical (unpaired) electrons. The molecule has 2 heterocycles. The van der Waals surface area contributed by atoms with E-state index in [4.69, 9.17) is 0 Å². The number of hydrogen-bond acceptors (Lipinski definition) is 4. The first-order valence-corrected chi connectivity index (χ1v) is 9.71. The highest BCUT2D eigenvalue weighted by molar-refractivity contribution is 9.10. The zero-order valence-corrected chi connectivity index (χ0v) is 16.7. The van der Waals surface area contributed by atoms with E-state index in [1.165, 1.54) is 5.56 Å². The number of halogens is 4. The highest BCUT2D eigenvalue weighted by atomic mass is 79.9. The molecule has 0 N–H and O–H groups in total. The molecule has 0 aliphatic carbocycles. The SMILES string of the molecule is CN(c1cc(C(F)(F)F)ncn1)C1CCCN(CCc2ccc(Br)cc2)C1. The maximum absolute atomic E-state index is 12.9. The number of nitrogens with zero attached hydrogens (tertiary/aromatic N) is 4. The molecule has 0 bridgehead atoms. The summed E-state index contributed by atoms with van der Waals surface area (Å²) in [6.45, 7) is 2.76. The molecular formula is C19H22BrF3N4.